The van der Waals surface area contributed by atoms with Gasteiger partial charge < -0.3 is 39.7 Å². The third-order valence-corrected chi connectivity index (χ3v) is 10.2. The van der Waals surface area contributed by atoms with E-state index in [0.717, 1.165) is 5.57 Å². The summed E-state index contributed by atoms with van der Waals surface area (Å²) >= 11 is 0. The first-order valence-corrected chi connectivity index (χ1v) is 12.4. The monoisotopic (exact) mass is 496 g/mol. The Morgan fingerprint density at radius 2 is 1.94 bits per heavy atom. The highest BCUT2D eigenvalue weighted by atomic mass is 16.7. The molecule has 35 heavy (non-hydrogen) atoms. The molecule has 2 bridgehead atoms. The van der Waals surface area contributed by atoms with Crippen LogP contribution in [0.1, 0.15) is 47.5 Å². The van der Waals surface area contributed by atoms with Crippen LogP contribution >= 0.6 is 0 Å². The molecule has 4 fully saturated rings. The summed E-state index contributed by atoms with van der Waals surface area (Å²) in [6, 6.07) is 0. The fourth-order valence-corrected chi connectivity index (χ4v) is 8.28. The summed E-state index contributed by atoms with van der Waals surface area (Å²) in [5.41, 5.74) is -3.29. The zero-order valence-electron chi connectivity index (χ0n) is 20.7. The summed E-state index contributed by atoms with van der Waals surface area (Å²) in [5.74, 6) is -6.72. The van der Waals surface area contributed by atoms with Gasteiger partial charge in [-0.05, 0) is 38.5 Å². The van der Waals surface area contributed by atoms with Crippen LogP contribution in [0.2, 0.25) is 0 Å². The lowest BCUT2D eigenvalue weighted by molar-refractivity contribution is -0.345. The summed E-state index contributed by atoms with van der Waals surface area (Å²) in [5, 5.41) is 55.6. The number of esters is 2. The minimum atomic E-state index is -2.08. The van der Waals surface area contributed by atoms with Crippen LogP contribution in [0.5, 0.6) is 0 Å². The Bertz CT molecular complexity index is 977. The van der Waals surface area contributed by atoms with Crippen molar-refractivity contribution in [2.75, 3.05) is 6.61 Å². The molecule has 0 radical (unpaired) electrons. The van der Waals surface area contributed by atoms with Crippen molar-refractivity contribution in [3.63, 3.8) is 0 Å². The number of carbonyl (C=O) groups is 2. The van der Waals surface area contributed by atoms with Crippen LogP contribution in [0, 0.1) is 34.5 Å². The van der Waals surface area contributed by atoms with Crippen molar-refractivity contribution in [2.24, 2.45) is 34.5 Å². The van der Waals surface area contributed by atoms with Crippen LogP contribution in [0.15, 0.2) is 11.6 Å². The van der Waals surface area contributed by atoms with Crippen LogP contribution in [0.3, 0.4) is 0 Å². The zero-order chi connectivity index (χ0) is 25.9. The van der Waals surface area contributed by atoms with Gasteiger partial charge in [0.2, 0.25) is 6.10 Å². The van der Waals surface area contributed by atoms with Gasteiger partial charge in [0.15, 0.2) is 11.4 Å². The van der Waals surface area contributed by atoms with E-state index in [-0.39, 0.29) is 18.9 Å². The van der Waals surface area contributed by atoms with E-state index in [9.17, 15) is 35.1 Å². The number of carbonyl (C=O) groups excluding carboxylic acids is 2. The molecule has 10 heteroatoms. The predicted octanol–water partition coefficient (Wildman–Crippen LogP) is -0.359. The zero-order valence-corrected chi connectivity index (χ0v) is 20.7. The SMILES string of the molecule is CC[C@@](C)(O)C(=O)O[C@H]1C(=O)O[C@@H]2C[C@H]3C(C)=C[C@@H](O)[C@@H](O)[C@]3(C)[C@@H]3[C@]4(O)OC[C@@]23[C@H]1[C@H](C)[C@@H]4O. The first kappa shape index (κ1) is 25.1. The van der Waals surface area contributed by atoms with Gasteiger partial charge in [-0.1, -0.05) is 32.4 Å². The maximum Gasteiger partial charge on any atom is 0.348 e. The van der Waals surface area contributed by atoms with Crippen molar-refractivity contribution >= 4 is 11.9 Å². The second-order valence-corrected chi connectivity index (χ2v) is 11.8. The smallest absolute Gasteiger partial charge is 0.348 e. The van der Waals surface area contributed by atoms with Gasteiger partial charge in [-0.25, -0.2) is 9.59 Å². The van der Waals surface area contributed by atoms with Crippen LogP contribution in [-0.2, 0) is 23.8 Å². The highest BCUT2D eigenvalue weighted by Gasteiger charge is 2.83. The summed E-state index contributed by atoms with van der Waals surface area (Å²) in [6.45, 7) is 8.06. The molecule has 5 aliphatic rings. The molecule has 196 valence electrons. The van der Waals surface area contributed by atoms with Crippen LogP contribution in [0.25, 0.3) is 0 Å². The minimum Gasteiger partial charge on any atom is -0.459 e. The number of fused-ring (bicyclic) bond motifs is 1. The van der Waals surface area contributed by atoms with Crippen molar-refractivity contribution in [1.82, 2.24) is 0 Å². The molecule has 5 rings (SSSR count). The summed E-state index contributed by atoms with van der Waals surface area (Å²) in [4.78, 5) is 26.1. The van der Waals surface area contributed by atoms with E-state index in [2.05, 4.69) is 0 Å². The molecule has 5 N–H and O–H groups in total. The van der Waals surface area contributed by atoms with Crippen molar-refractivity contribution in [3.8, 4) is 0 Å². The fourth-order valence-electron chi connectivity index (χ4n) is 8.28. The lowest BCUT2D eigenvalue weighted by Crippen LogP contribution is -2.78. The molecular weight excluding hydrogens is 460 g/mol. The highest BCUT2D eigenvalue weighted by Crippen LogP contribution is 2.74. The van der Waals surface area contributed by atoms with E-state index >= 15 is 0 Å². The van der Waals surface area contributed by atoms with Gasteiger partial charge in [0, 0.05) is 22.7 Å². The van der Waals surface area contributed by atoms with Gasteiger partial charge in [-0.15, -0.1) is 0 Å². The topological polar surface area (TPSA) is 163 Å². The second-order valence-electron chi connectivity index (χ2n) is 11.8. The number of aliphatic hydroxyl groups excluding tert-OH is 3. The third kappa shape index (κ3) is 2.86. The number of ether oxygens (including phenoxy) is 3. The van der Waals surface area contributed by atoms with Crippen LogP contribution < -0.4 is 0 Å². The number of hydrogen-bond donors (Lipinski definition) is 5. The summed E-state index contributed by atoms with van der Waals surface area (Å²) < 4.78 is 17.4. The molecule has 0 aromatic heterocycles. The Morgan fingerprint density at radius 3 is 2.57 bits per heavy atom. The average molecular weight is 497 g/mol. The van der Waals surface area contributed by atoms with Gasteiger partial charge in [-0.2, -0.15) is 0 Å². The average Bonchev–Trinajstić information content (AvgIpc) is 3.08. The highest BCUT2D eigenvalue weighted by molar-refractivity contribution is 5.84. The molecule has 2 saturated heterocycles. The third-order valence-electron chi connectivity index (χ3n) is 10.2. The van der Waals surface area contributed by atoms with Crippen molar-refractivity contribution in [1.29, 1.82) is 0 Å². The molecule has 13 atom stereocenters. The molecule has 0 aromatic rings. The quantitative estimate of drug-likeness (QED) is 0.258. The molecule has 2 heterocycles. The van der Waals surface area contributed by atoms with Crippen molar-refractivity contribution in [2.45, 2.75) is 89.4 Å². The molecule has 2 aliphatic heterocycles. The Balaban J connectivity index is 1.68. The molecule has 3 aliphatic carbocycles. The van der Waals surface area contributed by atoms with E-state index in [1.54, 1.807) is 26.8 Å². The number of allylic oxidation sites excluding steroid dienone is 1. The number of aliphatic hydroxyl groups is 5. The molecule has 0 amide bonds. The molecule has 0 unspecified atom stereocenters. The Kier molecular flexibility index (Phi) is 5.37. The van der Waals surface area contributed by atoms with E-state index in [1.165, 1.54) is 6.92 Å². The van der Waals surface area contributed by atoms with E-state index in [0.29, 0.717) is 6.42 Å². The normalized spacial score (nSPS) is 54.1. The van der Waals surface area contributed by atoms with Gasteiger partial charge in [0.1, 0.15) is 12.2 Å². The molecule has 1 spiro atoms. The number of rotatable bonds is 3. The Labute approximate surface area is 203 Å². The predicted molar refractivity (Wildman–Crippen MR) is 118 cm³/mol. The fraction of sp³-hybridized carbons (Fsp3) is 0.840. The van der Waals surface area contributed by atoms with E-state index in [1.807, 2.05) is 6.92 Å². The lowest BCUT2D eigenvalue weighted by atomic mass is 9.38. The largest absolute Gasteiger partial charge is 0.459 e. The van der Waals surface area contributed by atoms with Crippen molar-refractivity contribution < 1.29 is 49.3 Å². The standard InChI is InChI=1S/C25H36O10/c1-6-22(4,31)21(30)35-16-15-11(3)17(27)25(32)20-23(5)12(10(2)7-13(26)18(23)28)8-14(34-19(16)29)24(15,20)9-33-25/h7,11-18,20,26-28,31-32H,6,8-9H2,1-5H3/t11-,12-,13+,14+,15-,16+,17-,18+,20-,22+,23+,24-,25+/m0/s1. The minimum absolute atomic E-state index is 0.0607. The van der Waals surface area contributed by atoms with Crippen LogP contribution in [0.4, 0.5) is 0 Å². The van der Waals surface area contributed by atoms with Gasteiger partial charge in [-0.3, -0.25) is 0 Å². The number of hydrogen-bond acceptors (Lipinski definition) is 10. The maximum atomic E-state index is 13.3. The first-order chi connectivity index (χ1) is 16.2. The van der Waals surface area contributed by atoms with Gasteiger partial charge in [0.05, 0.1) is 18.8 Å². The van der Waals surface area contributed by atoms with Crippen LogP contribution in [-0.4, -0.2) is 86.0 Å². The Hall–Kier alpha value is -1.56. The maximum absolute atomic E-state index is 13.3. The van der Waals surface area contributed by atoms with Gasteiger partial charge >= 0.3 is 11.9 Å². The molecule has 10 nitrogen and oxygen atoms in total. The second kappa shape index (κ2) is 7.49. The van der Waals surface area contributed by atoms with Gasteiger partial charge in [0.25, 0.3) is 0 Å². The molecular formula is C25H36O10. The lowest BCUT2D eigenvalue weighted by Gasteiger charge is -2.68. The summed E-state index contributed by atoms with van der Waals surface area (Å²) in [6.07, 6.45) is -4.18. The Morgan fingerprint density at radius 1 is 1.29 bits per heavy atom. The first-order valence-electron chi connectivity index (χ1n) is 12.4. The van der Waals surface area contributed by atoms with E-state index in [4.69, 9.17) is 14.2 Å². The molecule has 2 saturated carbocycles. The molecule has 0 aromatic carbocycles. The van der Waals surface area contributed by atoms with E-state index < -0.39 is 82.4 Å². The summed E-state index contributed by atoms with van der Waals surface area (Å²) in [7, 11) is 0. The van der Waals surface area contributed by atoms with Crippen molar-refractivity contribution in [3.05, 3.63) is 11.6 Å².